The van der Waals surface area contributed by atoms with Gasteiger partial charge in [0.1, 0.15) is 0 Å². The van der Waals surface area contributed by atoms with Crippen molar-refractivity contribution in [1.29, 1.82) is 0 Å². The summed E-state index contributed by atoms with van der Waals surface area (Å²) in [6.07, 6.45) is 1.65. The molecule has 0 saturated heterocycles. The van der Waals surface area contributed by atoms with Crippen LogP contribution in [-0.2, 0) is 5.75 Å². The second-order valence-corrected chi connectivity index (χ2v) is 6.67. The lowest BCUT2D eigenvalue weighted by atomic mass is 10.2. The third-order valence-corrected chi connectivity index (χ3v) is 4.88. The van der Waals surface area contributed by atoms with Gasteiger partial charge in [-0.05, 0) is 36.8 Å². The van der Waals surface area contributed by atoms with Gasteiger partial charge in [0.15, 0.2) is 10.9 Å². The number of rotatable bonds is 5. The summed E-state index contributed by atoms with van der Waals surface area (Å²) in [6, 6.07) is 22.5. The van der Waals surface area contributed by atoms with E-state index in [1.807, 2.05) is 22.8 Å². The van der Waals surface area contributed by atoms with Crippen LogP contribution >= 0.6 is 11.8 Å². The monoisotopic (exact) mass is 347 g/mol. The van der Waals surface area contributed by atoms with Crippen molar-refractivity contribution in [2.45, 2.75) is 17.8 Å². The van der Waals surface area contributed by atoms with E-state index in [4.69, 9.17) is 4.42 Å². The highest BCUT2D eigenvalue weighted by Gasteiger charge is 2.17. The average molecular weight is 347 g/mol. The topological polar surface area (TPSA) is 43.9 Å². The molecule has 4 aromatic rings. The minimum absolute atomic E-state index is 0.708. The lowest BCUT2D eigenvalue weighted by Crippen LogP contribution is -1.99. The molecule has 0 amide bonds. The standard InChI is InChI=1S/C20H17N3OS/c1-15-9-11-17(12-10-15)23-19(18-8-5-13-24-18)21-22-20(23)25-14-16-6-3-2-4-7-16/h2-13H,14H2,1H3. The Bertz CT molecular complexity index is 945. The van der Waals surface area contributed by atoms with Gasteiger partial charge < -0.3 is 4.42 Å². The van der Waals surface area contributed by atoms with Crippen LogP contribution in [0, 0.1) is 6.92 Å². The number of aryl methyl sites for hydroxylation is 1. The maximum atomic E-state index is 5.55. The second kappa shape index (κ2) is 6.99. The number of thioether (sulfide) groups is 1. The Balaban J connectivity index is 1.72. The zero-order valence-corrected chi connectivity index (χ0v) is 14.6. The van der Waals surface area contributed by atoms with Gasteiger partial charge in [0, 0.05) is 11.4 Å². The van der Waals surface area contributed by atoms with Crippen molar-refractivity contribution in [2.24, 2.45) is 0 Å². The quantitative estimate of drug-likeness (QED) is 0.470. The van der Waals surface area contributed by atoms with E-state index in [2.05, 4.69) is 65.7 Å². The molecule has 0 unspecified atom stereocenters. The number of furan rings is 1. The van der Waals surface area contributed by atoms with Gasteiger partial charge in [0.05, 0.1) is 6.26 Å². The van der Waals surface area contributed by atoms with Crippen molar-refractivity contribution in [3.63, 3.8) is 0 Å². The molecule has 4 nitrogen and oxygen atoms in total. The van der Waals surface area contributed by atoms with Crippen molar-refractivity contribution in [3.05, 3.63) is 84.1 Å². The third-order valence-electron chi connectivity index (χ3n) is 3.88. The van der Waals surface area contributed by atoms with E-state index in [-0.39, 0.29) is 0 Å². The summed E-state index contributed by atoms with van der Waals surface area (Å²) in [6.45, 7) is 2.08. The van der Waals surface area contributed by atoms with E-state index in [1.54, 1.807) is 18.0 Å². The van der Waals surface area contributed by atoms with Gasteiger partial charge in [0.2, 0.25) is 5.82 Å². The Hall–Kier alpha value is -2.79. The summed E-state index contributed by atoms with van der Waals surface area (Å²) in [5.41, 5.74) is 3.50. The zero-order chi connectivity index (χ0) is 17.1. The molecule has 0 bridgehead atoms. The van der Waals surface area contributed by atoms with Gasteiger partial charge >= 0.3 is 0 Å². The van der Waals surface area contributed by atoms with Crippen molar-refractivity contribution < 1.29 is 4.42 Å². The van der Waals surface area contributed by atoms with Crippen molar-refractivity contribution >= 4 is 11.8 Å². The van der Waals surface area contributed by atoms with Crippen LogP contribution in [0.2, 0.25) is 0 Å². The van der Waals surface area contributed by atoms with Crippen molar-refractivity contribution in [2.75, 3.05) is 0 Å². The zero-order valence-electron chi connectivity index (χ0n) is 13.8. The molecule has 0 radical (unpaired) electrons. The first kappa shape index (κ1) is 15.7. The highest BCUT2D eigenvalue weighted by molar-refractivity contribution is 7.98. The number of hydrogen-bond acceptors (Lipinski definition) is 4. The molecule has 0 fully saturated rings. The first-order chi connectivity index (χ1) is 12.3. The summed E-state index contributed by atoms with van der Waals surface area (Å²) >= 11 is 1.66. The minimum atomic E-state index is 0.708. The smallest absolute Gasteiger partial charge is 0.205 e. The van der Waals surface area contributed by atoms with Crippen LogP contribution in [0.3, 0.4) is 0 Å². The first-order valence-electron chi connectivity index (χ1n) is 8.04. The number of hydrogen-bond donors (Lipinski definition) is 0. The Morgan fingerprint density at radius 1 is 0.920 bits per heavy atom. The van der Waals surface area contributed by atoms with E-state index < -0.39 is 0 Å². The average Bonchev–Trinajstić information content (AvgIpc) is 3.31. The van der Waals surface area contributed by atoms with E-state index in [0.29, 0.717) is 11.6 Å². The molecule has 0 spiro atoms. The number of benzene rings is 2. The first-order valence-corrected chi connectivity index (χ1v) is 9.03. The molecular formula is C20H17N3OS. The molecule has 5 heteroatoms. The normalized spacial score (nSPS) is 10.9. The molecule has 0 aliphatic rings. The maximum Gasteiger partial charge on any atom is 0.205 e. The van der Waals surface area contributed by atoms with Gasteiger partial charge in [-0.15, -0.1) is 10.2 Å². The minimum Gasteiger partial charge on any atom is -0.461 e. The van der Waals surface area contributed by atoms with Crippen LogP contribution < -0.4 is 0 Å². The molecule has 124 valence electrons. The van der Waals surface area contributed by atoms with Crippen LogP contribution in [-0.4, -0.2) is 14.8 Å². The molecule has 0 aliphatic heterocycles. The van der Waals surface area contributed by atoms with Crippen LogP contribution in [0.25, 0.3) is 17.3 Å². The van der Waals surface area contributed by atoms with Crippen molar-refractivity contribution in [1.82, 2.24) is 14.8 Å². The second-order valence-electron chi connectivity index (χ2n) is 5.73. The Morgan fingerprint density at radius 3 is 2.44 bits per heavy atom. The molecule has 4 rings (SSSR count). The SMILES string of the molecule is Cc1ccc(-n2c(SCc3ccccc3)nnc2-c2ccco2)cc1. The van der Waals surface area contributed by atoms with Gasteiger partial charge in [-0.2, -0.15) is 0 Å². The molecule has 0 saturated carbocycles. The Kier molecular flexibility index (Phi) is 4.39. The van der Waals surface area contributed by atoms with Gasteiger partial charge in [-0.1, -0.05) is 59.8 Å². The van der Waals surface area contributed by atoms with Crippen LogP contribution in [0.4, 0.5) is 0 Å². The number of aromatic nitrogens is 3. The molecular weight excluding hydrogens is 330 g/mol. The van der Waals surface area contributed by atoms with E-state index >= 15 is 0 Å². The summed E-state index contributed by atoms with van der Waals surface area (Å²) in [7, 11) is 0. The summed E-state index contributed by atoms with van der Waals surface area (Å²) in [5, 5.41) is 9.62. The van der Waals surface area contributed by atoms with Gasteiger partial charge in [-0.3, -0.25) is 4.57 Å². The molecule has 0 atom stereocenters. The molecule has 2 aromatic heterocycles. The lowest BCUT2D eigenvalue weighted by molar-refractivity contribution is 0.575. The largest absolute Gasteiger partial charge is 0.461 e. The molecule has 25 heavy (non-hydrogen) atoms. The summed E-state index contributed by atoms with van der Waals surface area (Å²) in [4.78, 5) is 0. The van der Waals surface area contributed by atoms with Crippen LogP contribution in [0.5, 0.6) is 0 Å². The fourth-order valence-corrected chi connectivity index (χ4v) is 3.49. The highest BCUT2D eigenvalue weighted by atomic mass is 32.2. The highest BCUT2D eigenvalue weighted by Crippen LogP contribution is 2.30. The van der Waals surface area contributed by atoms with Crippen LogP contribution in [0.1, 0.15) is 11.1 Å². The Morgan fingerprint density at radius 2 is 1.72 bits per heavy atom. The fraction of sp³-hybridized carbons (Fsp3) is 0.100. The third kappa shape index (κ3) is 3.37. The van der Waals surface area contributed by atoms with Gasteiger partial charge in [0.25, 0.3) is 0 Å². The summed E-state index contributed by atoms with van der Waals surface area (Å²) < 4.78 is 7.60. The van der Waals surface area contributed by atoms with Crippen LogP contribution in [0.15, 0.2) is 82.6 Å². The fourth-order valence-electron chi connectivity index (χ4n) is 2.58. The molecule has 2 aromatic carbocycles. The van der Waals surface area contributed by atoms with E-state index in [9.17, 15) is 0 Å². The molecule has 2 heterocycles. The van der Waals surface area contributed by atoms with Gasteiger partial charge in [-0.25, -0.2) is 0 Å². The predicted molar refractivity (Wildman–Crippen MR) is 99.8 cm³/mol. The van der Waals surface area contributed by atoms with E-state index in [0.717, 1.165) is 16.6 Å². The molecule has 0 N–H and O–H groups in total. The predicted octanol–water partition coefficient (Wildman–Crippen LogP) is 5.13. The summed E-state index contributed by atoms with van der Waals surface area (Å²) in [5.74, 6) is 2.26. The van der Waals surface area contributed by atoms with Crippen molar-refractivity contribution in [3.8, 4) is 17.3 Å². The van der Waals surface area contributed by atoms with E-state index in [1.165, 1.54) is 11.1 Å². The Labute approximate surface area is 150 Å². The number of nitrogens with zero attached hydrogens (tertiary/aromatic N) is 3. The molecule has 0 aliphatic carbocycles. The lowest BCUT2D eigenvalue weighted by Gasteiger charge is -2.09. The maximum absolute atomic E-state index is 5.55.